The minimum atomic E-state index is 0.393. The van der Waals surface area contributed by atoms with E-state index in [-0.39, 0.29) is 0 Å². The summed E-state index contributed by atoms with van der Waals surface area (Å²) in [6.07, 6.45) is 3.73. The number of hydrogen-bond acceptors (Lipinski definition) is 3. The minimum Gasteiger partial charge on any atom is -0.411 e. The van der Waals surface area contributed by atoms with E-state index in [1.807, 2.05) is 12.1 Å². The van der Waals surface area contributed by atoms with Crippen LogP contribution in [0, 0.1) is 5.92 Å². The molecule has 0 aromatic heterocycles. The summed E-state index contributed by atoms with van der Waals surface area (Å²) in [6.45, 7) is 0.862. The number of hydrogen-bond donors (Lipinski definition) is 1. The van der Waals surface area contributed by atoms with E-state index >= 15 is 0 Å². The average molecular weight is 277 g/mol. The molecule has 0 spiro atoms. The van der Waals surface area contributed by atoms with E-state index < -0.39 is 0 Å². The molecule has 4 bridgehead atoms. The first-order valence-electron chi connectivity index (χ1n) is 7.00. The summed E-state index contributed by atoms with van der Waals surface area (Å²) in [5, 5.41) is 13.7. The highest BCUT2D eigenvalue weighted by Crippen LogP contribution is 2.51. The maximum atomic E-state index is 9.29. The van der Waals surface area contributed by atoms with E-state index in [9.17, 15) is 5.21 Å². The van der Waals surface area contributed by atoms with Gasteiger partial charge in [0, 0.05) is 29.6 Å². The molecule has 3 heterocycles. The van der Waals surface area contributed by atoms with Gasteiger partial charge < -0.3 is 5.21 Å². The quantitative estimate of drug-likeness (QED) is 0.632. The molecule has 3 fully saturated rings. The topological polar surface area (TPSA) is 35.8 Å². The molecule has 4 rings (SSSR count). The molecular weight excluding hydrogens is 260 g/mol. The van der Waals surface area contributed by atoms with Gasteiger partial charge in [0.1, 0.15) is 0 Å². The van der Waals surface area contributed by atoms with Crippen molar-refractivity contribution >= 4 is 17.3 Å². The molecule has 4 heteroatoms. The summed E-state index contributed by atoms with van der Waals surface area (Å²) in [5.74, 6) is 0.879. The van der Waals surface area contributed by atoms with Crippen molar-refractivity contribution in [2.24, 2.45) is 11.1 Å². The second-order valence-electron chi connectivity index (χ2n) is 5.98. The van der Waals surface area contributed by atoms with Crippen LogP contribution in [0.4, 0.5) is 0 Å². The monoisotopic (exact) mass is 276 g/mol. The maximum absolute atomic E-state index is 9.29. The number of piperidine rings is 1. The van der Waals surface area contributed by atoms with Gasteiger partial charge in [-0.1, -0.05) is 28.9 Å². The Morgan fingerprint density at radius 2 is 2.00 bits per heavy atom. The van der Waals surface area contributed by atoms with Crippen LogP contribution in [0.5, 0.6) is 0 Å². The standard InChI is InChI=1S/C15H17ClN2O/c16-10-3-1-9(2-4-10)12-7-11-5-6-14-15(12)13(17-19)8-18(11)14/h1-4,11-12,14-15,19H,5-8H2/t11-,12+,14+,15-/m1/s1. The number of rotatable bonds is 1. The van der Waals surface area contributed by atoms with Gasteiger partial charge in [-0.05, 0) is 42.9 Å². The van der Waals surface area contributed by atoms with Crippen LogP contribution in [0.15, 0.2) is 29.4 Å². The van der Waals surface area contributed by atoms with Crippen LogP contribution in [0.2, 0.25) is 5.02 Å². The van der Waals surface area contributed by atoms with E-state index in [4.69, 9.17) is 11.6 Å². The molecule has 3 aliphatic heterocycles. The largest absolute Gasteiger partial charge is 0.411 e. The van der Waals surface area contributed by atoms with Crippen molar-refractivity contribution in [2.75, 3.05) is 6.54 Å². The van der Waals surface area contributed by atoms with Gasteiger partial charge in [-0.2, -0.15) is 0 Å². The Balaban J connectivity index is 1.74. The van der Waals surface area contributed by atoms with Crippen molar-refractivity contribution in [3.8, 4) is 0 Å². The highest BCUT2D eigenvalue weighted by molar-refractivity contribution is 6.30. The lowest BCUT2D eigenvalue weighted by atomic mass is 9.77. The van der Waals surface area contributed by atoms with E-state index in [1.165, 1.54) is 24.8 Å². The highest BCUT2D eigenvalue weighted by atomic mass is 35.5. The van der Waals surface area contributed by atoms with Crippen molar-refractivity contribution in [3.63, 3.8) is 0 Å². The van der Waals surface area contributed by atoms with Gasteiger partial charge >= 0.3 is 0 Å². The summed E-state index contributed by atoms with van der Waals surface area (Å²) in [6, 6.07) is 9.46. The van der Waals surface area contributed by atoms with Crippen LogP contribution in [-0.4, -0.2) is 34.4 Å². The molecule has 100 valence electrons. The first-order valence-corrected chi connectivity index (χ1v) is 7.38. The zero-order valence-electron chi connectivity index (χ0n) is 10.7. The van der Waals surface area contributed by atoms with Crippen LogP contribution in [-0.2, 0) is 0 Å². The smallest absolute Gasteiger partial charge is 0.0763 e. The number of oxime groups is 1. The van der Waals surface area contributed by atoms with E-state index in [2.05, 4.69) is 22.2 Å². The molecule has 19 heavy (non-hydrogen) atoms. The van der Waals surface area contributed by atoms with Gasteiger partial charge in [0.2, 0.25) is 0 Å². The molecule has 0 amide bonds. The van der Waals surface area contributed by atoms with Crippen molar-refractivity contribution in [3.05, 3.63) is 34.9 Å². The lowest BCUT2D eigenvalue weighted by molar-refractivity contribution is 0.154. The van der Waals surface area contributed by atoms with E-state index in [0.29, 0.717) is 23.9 Å². The second kappa shape index (κ2) is 4.22. The third kappa shape index (κ3) is 1.65. The molecular formula is C15H17ClN2O. The molecule has 1 unspecified atom stereocenters. The average Bonchev–Trinajstić information content (AvgIpc) is 2.85. The van der Waals surface area contributed by atoms with Gasteiger partial charge in [0.15, 0.2) is 0 Å². The molecule has 0 radical (unpaired) electrons. The van der Waals surface area contributed by atoms with Crippen LogP contribution < -0.4 is 0 Å². The van der Waals surface area contributed by atoms with E-state index in [1.54, 1.807) is 0 Å². The first kappa shape index (κ1) is 11.7. The summed E-state index contributed by atoms with van der Waals surface area (Å²) in [7, 11) is 0. The Morgan fingerprint density at radius 3 is 2.74 bits per heavy atom. The van der Waals surface area contributed by atoms with Gasteiger partial charge in [-0.3, -0.25) is 4.90 Å². The normalized spacial score (nSPS) is 41.9. The zero-order chi connectivity index (χ0) is 13.0. The van der Waals surface area contributed by atoms with Crippen LogP contribution in [0.1, 0.15) is 30.7 Å². The van der Waals surface area contributed by atoms with Gasteiger partial charge in [0.05, 0.1) is 5.71 Å². The Hall–Kier alpha value is -1.06. The SMILES string of the molecule is ON=C1CN2[C@@H]3CC[C@H]2[C@@H]1[C@H](c1ccc(Cl)cc1)C3. The lowest BCUT2D eigenvalue weighted by Gasteiger charge is -2.36. The fourth-order valence-electron chi connectivity index (χ4n) is 4.46. The Labute approximate surface area is 117 Å². The molecule has 0 aliphatic carbocycles. The summed E-state index contributed by atoms with van der Waals surface area (Å²) in [5.41, 5.74) is 2.32. The lowest BCUT2D eigenvalue weighted by Crippen LogP contribution is -2.40. The number of halogens is 1. The van der Waals surface area contributed by atoms with Gasteiger partial charge in [-0.25, -0.2) is 0 Å². The summed E-state index contributed by atoms with van der Waals surface area (Å²) in [4.78, 5) is 2.55. The van der Waals surface area contributed by atoms with Crippen molar-refractivity contribution in [1.29, 1.82) is 0 Å². The minimum absolute atomic E-state index is 0.393. The molecule has 1 aromatic rings. The first-order chi connectivity index (χ1) is 9.28. The molecule has 1 aromatic carbocycles. The van der Waals surface area contributed by atoms with Crippen molar-refractivity contribution < 1.29 is 5.21 Å². The van der Waals surface area contributed by atoms with Gasteiger partial charge in [-0.15, -0.1) is 0 Å². The molecule has 3 nitrogen and oxygen atoms in total. The Morgan fingerprint density at radius 1 is 1.21 bits per heavy atom. The fourth-order valence-corrected chi connectivity index (χ4v) is 4.58. The Bertz CT molecular complexity index is 527. The maximum Gasteiger partial charge on any atom is 0.0763 e. The predicted octanol–water partition coefficient (Wildman–Crippen LogP) is 3.12. The van der Waals surface area contributed by atoms with Gasteiger partial charge in [0.25, 0.3) is 0 Å². The van der Waals surface area contributed by atoms with Crippen molar-refractivity contribution in [1.82, 2.24) is 4.90 Å². The van der Waals surface area contributed by atoms with Crippen LogP contribution >= 0.6 is 11.6 Å². The molecule has 5 atom stereocenters. The zero-order valence-corrected chi connectivity index (χ0v) is 11.4. The highest BCUT2D eigenvalue weighted by Gasteiger charge is 2.54. The third-order valence-corrected chi connectivity index (χ3v) is 5.47. The predicted molar refractivity (Wildman–Crippen MR) is 75.0 cm³/mol. The number of nitrogens with zero attached hydrogens (tertiary/aromatic N) is 2. The summed E-state index contributed by atoms with van der Waals surface area (Å²) >= 11 is 5.98. The molecule has 3 aliphatic rings. The fraction of sp³-hybridized carbons (Fsp3) is 0.533. The molecule has 1 N–H and O–H groups in total. The van der Waals surface area contributed by atoms with Crippen LogP contribution in [0.3, 0.4) is 0 Å². The molecule has 0 saturated carbocycles. The summed E-state index contributed by atoms with van der Waals surface area (Å²) < 4.78 is 0. The van der Waals surface area contributed by atoms with Crippen molar-refractivity contribution in [2.45, 2.75) is 37.3 Å². The van der Waals surface area contributed by atoms with Crippen LogP contribution in [0.25, 0.3) is 0 Å². The number of benzene rings is 1. The van der Waals surface area contributed by atoms with E-state index in [0.717, 1.165) is 17.3 Å². The Kier molecular flexibility index (Phi) is 2.61. The third-order valence-electron chi connectivity index (χ3n) is 5.22. The molecule has 3 saturated heterocycles. The second-order valence-corrected chi connectivity index (χ2v) is 6.42.